The number of hydrogen-bond acceptors (Lipinski definition) is 12. The van der Waals surface area contributed by atoms with E-state index in [0.717, 1.165) is 76.0 Å². The van der Waals surface area contributed by atoms with Crippen molar-refractivity contribution in [2.24, 2.45) is 20.0 Å². The zero-order valence-corrected chi connectivity index (χ0v) is 44.6. The number of aryl methyl sites for hydroxylation is 1. The Bertz CT molecular complexity index is 3520. The molecule has 6 heterocycles. The van der Waals surface area contributed by atoms with Crippen LogP contribution in [0.5, 0.6) is 0 Å². The number of aliphatic hydroxyl groups is 3. The average molecular weight is 1060 g/mol. The lowest BCUT2D eigenvalue weighted by Crippen LogP contribution is -2.30. The van der Waals surface area contributed by atoms with Gasteiger partial charge in [-0.25, -0.2) is 19.9 Å². The molecule has 4 aromatic heterocycles. The number of aromatic amines is 1. The van der Waals surface area contributed by atoms with E-state index in [1.807, 2.05) is 66.3 Å². The van der Waals surface area contributed by atoms with Crippen molar-refractivity contribution in [3.05, 3.63) is 157 Å². The van der Waals surface area contributed by atoms with E-state index >= 15 is 0 Å². The molecule has 0 radical (unpaired) electrons. The van der Waals surface area contributed by atoms with Crippen molar-refractivity contribution in [1.29, 1.82) is 0 Å². The van der Waals surface area contributed by atoms with E-state index in [1.54, 1.807) is 106 Å². The molecule has 0 spiro atoms. The average Bonchev–Trinajstić information content (AvgIpc) is 4.06. The van der Waals surface area contributed by atoms with Crippen LogP contribution in [-0.2, 0) is 54.5 Å². The third-order valence-electron chi connectivity index (χ3n) is 13.5. The summed E-state index contributed by atoms with van der Waals surface area (Å²) in [6, 6.07) is 22.2. The maximum atomic E-state index is 13.0. The molecule has 8 aromatic rings. The summed E-state index contributed by atoms with van der Waals surface area (Å²) in [5.74, 6) is 0.992. The normalized spacial score (nSPS) is 15.9. The molecule has 2 amide bonds. The molecule has 2 aliphatic rings. The van der Waals surface area contributed by atoms with Crippen LogP contribution in [0, 0.1) is 5.92 Å². The van der Waals surface area contributed by atoms with Crippen molar-refractivity contribution >= 4 is 62.5 Å². The Kier molecular flexibility index (Phi) is 15.8. The van der Waals surface area contributed by atoms with Gasteiger partial charge in [0.2, 0.25) is 11.8 Å². The quantitative estimate of drug-likeness (QED) is 0.0904. The largest absolute Gasteiger partial charge is 0.392 e. The van der Waals surface area contributed by atoms with Crippen LogP contribution >= 0.6 is 23.2 Å². The second-order valence-corrected chi connectivity index (χ2v) is 21.0. The smallest absolute Gasteiger partial charge is 0.274 e. The van der Waals surface area contributed by atoms with Crippen molar-refractivity contribution in [2.75, 3.05) is 32.5 Å². The van der Waals surface area contributed by atoms with E-state index < -0.39 is 11.2 Å². The van der Waals surface area contributed by atoms with Crippen LogP contribution in [0.2, 0.25) is 10.0 Å². The Morgan fingerprint density at radius 1 is 0.653 bits per heavy atom. The van der Waals surface area contributed by atoms with Crippen LogP contribution in [0.15, 0.2) is 107 Å². The van der Waals surface area contributed by atoms with Gasteiger partial charge in [0.05, 0.1) is 35.0 Å². The van der Waals surface area contributed by atoms with E-state index in [9.17, 15) is 29.4 Å². The molecule has 20 heteroatoms. The van der Waals surface area contributed by atoms with Gasteiger partial charge >= 0.3 is 0 Å². The number of hydrogen-bond donors (Lipinski definition) is 5. The zero-order chi connectivity index (χ0) is 54.1. The van der Waals surface area contributed by atoms with Crippen LogP contribution in [0.4, 0.5) is 5.69 Å². The number of amides is 2. The Balaban J connectivity index is 0.000000165. The number of H-pyrrole nitrogens is 1. The second-order valence-electron chi connectivity index (χ2n) is 20.1. The van der Waals surface area contributed by atoms with Crippen molar-refractivity contribution in [3.8, 4) is 22.3 Å². The topological polar surface area (TPSA) is 230 Å². The van der Waals surface area contributed by atoms with E-state index in [4.69, 9.17) is 28.3 Å². The molecule has 0 saturated carbocycles. The minimum Gasteiger partial charge on any atom is -0.392 e. The van der Waals surface area contributed by atoms with Gasteiger partial charge in [-0.15, -0.1) is 0 Å². The van der Waals surface area contributed by atoms with Crippen molar-refractivity contribution in [3.63, 3.8) is 0 Å². The summed E-state index contributed by atoms with van der Waals surface area (Å²) in [5.41, 5.74) is 5.99. The molecule has 2 fully saturated rings. The third kappa shape index (κ3) is 12.0. The van der Waals surface area contributed by atoms with Gasteiger partial charge in [0.15, 0.2) is 11.6 Å². The fourth-order valence-corrected chi connectivity index (χ4v) is 9.45. The highest BCUT2D eigenvalue weighted by Crippen LogP contribution is 2.29. The first-order valence-electron chi connectivity index (χ1n) is 24.4. The van der Waals surface area contributed by atoms with Crippen molar-refractivity contribution in [2.45, 2.75) is 77.4 Å². The van der Waals surface area contributed by atoms with Gasteiger partial charge in [-0.1, -0.05) is 47.5 Å². The molecule has 0 aliphatic carbocycles. The summed E-state index contributed by atoms with van der Waals surface area (Å²) in [7, 11) is 7.07. The number of benzene rings is 4. The molecule has 2 unspecified atom stereocenters. The fourth-order valence-electron chi connectivity index (χ4n) is 9.09. The van der Waals surface area contributed by atoms with E-state index in [-0.39, 0.29) is 41.5 Å². The monoisotopic (exact) mass is 1060 g/mol. The predicted molar refractivity (Wildman–Crippen MR) is 290 cm³/mol. The predicted octanol–water partition coefficient (Wildman–Crippen LogP) is 6.77. The summed E-state index contributed by atoms with van der Waals surface area (Å²) >= 11 is 12.5. The van der Waals surface area contributed by atoms with Crippen LogP contribution in [0.25, 0.3) is 44.1 Å². The summed E-state index contributed by atoms with van der Waals surface area (Å²) < 4.78 is 4.95. The molecule has 5 N–H and O–H groups in total. The molecular weight excluding hydrogens is 998 g/mol. The summed E-state index contributed by atoms with van der Waals surface area (Å²) in [4.78, 5) is 69.4. The number of anilines is 1. The number of fused-ring (bicyclic) bond motifs is 2. The maximum absolute atomic E-state index is 13.0. The molecule has 2 aliphatic heterocycles. The minimum absolute atomic E-state index is 0.0108. The number of aromatic nitrogens is 8. The number of halogens is 2. The highest BCUT2D eigenvalue weighted by Gasteiger charge is 2.30. The van der Waals surface area contributed by atoms with Crippen molar-refractivity contribution in [1.82, 2.24) is 48.9 Å². The Morgan fingerprint density at radius 2 is 1.21 bits per heavy atom. The summed E-state index contributed by atoms with van der Waals surface area (Å²) in [6.45, 7) is 8.42. The number of rotatable bonds is 11. The molecule has 0 bridgehead atoms. The lowest BCUT2D eigenvalue weighted by Gasteiger charge is -2.15. The first-order valence-corrected chi connectivity index (χ1v) is 25.2. The first-order chi connectivity index (χ1) is 35.5. The third-order valence-corrected chi connectivity index (χ3v) is 14.2. The molecule has 4 aromatic carbocycles. The van der Waals surface area contributed by atoms with Gasteiger partial charge in [0.1, 0.15) is 17.2 Å². The number of likely N-dealkylation sites (N-methyl/N-ethyl adjacent to an activating group) is 1. The number of nitrogens with zero attached hydrogens (tertiary/aromatic N) is 9. The molecule has 392 valence electrons. The van der Waals surface area contributed by atoms with Crippen LogP contribution < -0.4 is 16.4 Å². The van der Waals surface area contributed by atoms with Crippen LogP contribution in [0.1, 0.15) is 68.9 Å². The van der Waals surface area contributed by atoms with Gasteiger partial charge in [-0.3, -0.25) is 38.3 Å². The SMILES string of the molecule is CN1CCC(Cc2ccc(Cl)c(Cn3c4cc(-c5cnc(C(C)(C)O)nc5)ccc4c(=O)n3C)c2)C1=O.CN1CCC(Nc2ccc(Cl)c(CO)c2)C1=O.Cn1[nH]c2cc(-c3cnc(C(C)(C)O)nc3)ccc2c1=O. The fraction of sp³-hybridized carbons (Fsp3) is 0.345. The molecule has 10 rings (SSSR count). The Hall–Kier alpha value is -7.22. The van der Waals surface area contributed by atoms with Gasteiger partial charge in [0.25, 0.3) is 11.1 Å². The highest BCUT2D eigenvalue weighted by molar-refractivity contribution is 6.31. The summed E-state index contributed by atoms with van der Waals surface area (Å²) in [6.07, 6.45) is 9.01. The van der Waals surface area contributed by atoms with E-state index in [0.29, 0.717) is 51.0 Å². The number of aliphatic hydroxyl groups excluding tert-OH is 1. The zero-order valence-electron chi connectivity index (χ0n) is 43.1. The molecule has 2 atom stereocenters. The van der Waals surface area contributed by atoms with Crippen molar-refractivity contribution < 1.29 is 24.9 Å². The second kappa shape index (κ2) is 21.9. The summed E-state index contributed by atoms with van der Waals surface area (Å²) in [5, 5.41) is 37.7. The number of nitrogens with one attached hydrogen (secondary N) is 2. The van der Waals surface area contributed by atoms with E-state index in [1.165, 1.54) is 4.68 Å². The van der Waals surface area contributed by atoms with Gasteiger partial charge < -0.3 is 30.4 Å². The molecular formula is C55H61Cl2N11O7. The molecule has 75 heavy (non-hydrogen) atoms. The van der Waals surface area contributed by atoms with Crippen LogP contribution in [0.3, 0.4) is 0 Å². The lowest BCUT2D eigenvalue weighted by atomic mass is 9.97. The van der Waals surface area contributed by atoms with Gasteiger partial charge in [-0.2, -0.15) is 0 Å². The number of carbonyl (C=O) groups is 2. The lowest BCUT2D eigenvalue weighted by molar-refractivity contribution is -0.130. The Morgan fingerprint density at radius 3 is 1.77 bits per heavy atom. The number of likely N-dealkylation sites (tertiary alicyclic amines) is 2. The standard InChI is InChI=1S/C28H30ClN5O3.C15H16N4O2.C12H15ClN2O2/c1-28(2,37)27-30-14-21(15-31-27)18-6-7-22-24(13-18)34(33(4)26(22)36)16-20-12-17(5-8-23(20)29)11-19-9-10-32(3)25(19)35;1-15(2,21)14-16-7-10(8-17-14)9-4-5-11-12(6-9)18-19(3)13(11)20;1-15-5-4-11(12(15)17)14-9-2-3-10(13)8(6-9)7-16/h5-8,12-15,19,37H,9-11,16H2,1-4H3;4-8,18,21H,1-3H3;2-3,6,11,14,16H,4-5,7H2,1H3. The maximum Gasteiger partial charge on any atom is 0.274 e. The van der Waals surface area contributed by atoms with E-state index in [2.05, 4.69) is 30.4 Å². The minimum atomic E-state index is -1.13. The highest BCUT2D eigenvalue weighted by atomic mass is 35.5. The Labute approximate surface area is 443 Å². The molecule has 18 nitrogen and oxygen atoms in total. The first kappa shape index (κ1) is 54.1. The molecule has 2 saturated heterocycles. The van der Waals surface area contributed by atoms with Gasteiger partial charge in [-0.05, 0) is 123 Å². The number of carbonyl (C=O) groups excluding carboxylic acids is 2. The van der Waals surface area contributed by atoms with Crippen LogP contribution in [-0.4, -0.2) is 109 Å². The van der Waals surface area contributed by atoms with Gasteiger partial charge in [0, 0.05) is 98.8 Å².